The van der Waals surface area contributed by atoms with Gasteiger partial charge in [-0.05, 0) is 35.6 Å². The summed E-state index contributed by atoms with van der Waals surface area (Å²) < 4.78 is 5.24. The van der Waals surface area contributed by atoms with Crippen LogP contribution in [0.15, 0.2) is 66.7 Å². The number of hydrogen-bond donors (Lipinski definition) is 1. The maximum atomic E-state index is 12.6. The summed E-state index contributed by atoms with van der Waals surface area (Å²) in [6.07, 6.45) is 0.674. The lowest BCUT2D eigenvalue weighted by molar-refractivity contribution is -0.119. The minimum atomic E-state index is -0.129. The summed E-state index contributed by atoms with van der Waals surface area (Å²) in [6, 6.07) is 21.9. The molecule has 0 saturated carbocycles. The van der Waals surface area contributed by atoms with E-state index < -0.39 is 0 Å². The highest BCUT2D eigenvalue weighted by Gasteiger charge is 2.15. The molecule has 1 unspecified atom stereocenters. The van der Waals surface area contributed by atoms with E-state index in [1.165, 1.54) is 0 Å². The van der Waals surface area contributed by atoms with E-state index in [9.17, 15) is 4.79 Å². The molecule has 0 radical (unpaired) electrons. The summed E-state index contributed by atoms with van der Waals surface area (Å²) >= 11 is 0. The highest BCUT2D eigenvalue weighted by molar-refractivity contribution is 6.02. The normalized spacial score (nSPS) is 11.9. The smallest absolute Gasteiger partial charge is 0.227 e. The zero-order chi connectivity index (χ0) is 16.9. The van der Waals surface area contributed by atoms with Gasteiger partial charge in [0.2, 0.25) is 5.91 Å². The summed E-state index contributed by atoms with van der Waals surface area (Å²) in [6.45, 7) is 1.94. The number of nitrogens with one attached hydrogen (secondary N) is 1. The third kappa shape index (κ3) is 3.57. The highest BCUT2D eigenvalue weighted by Crippen LogP contribution is 2.24. The minimum Gasteiger partial charge on any atom is -0.497 e. The van der Waals surface area contributed by atoms with Gasteiger partial charge in [-0.2, -0.15) is 0 Å². The van der Waals surface area contributed by atoms with E-state index in [4.69, 9.17) is 4.74 Å². The van der Waals surface area contributed by atoms with Gasteiger partial charge in [0.25, 0.3) is 0 Å². The number of anilines is 1. The number of carbonyl (C=O) groups is 1. The van der Waals surface area contributed by atoms with E-state index >= 15 is 0 Å². The molecule has 0 fully saturated rings. The van der Waals surface area contributed by atoms with Gasteiger partial charge >= 0.3 is 0 Å². The number of ether oxygens (including phenoxy) is 1. The Balaban J connectivity index is 1.73. The van der Waals surface area contributed by atoms with Crippen LogP contribution in [0.5, 0.6) is 5.75 Å². The fourth-order valence-corrected chi connectivity index (χ4v) is 2.84. The SMILES string of the molecule is COc1cccc(CC(C)C(=O)Nc2cccc3ccccc23)c1. The molecule has 3 heteroatoms. The van der Waals surface area contributed by atoms with Crippen molar-refractivity contribution in [2.45, 2.75) is 13.3 Å². The Morgan fingerprint density at radius 3 is 2.62 bits per heavy atom. The Morgan fingerprint density at radius 1 is 1.04 bits per heavy atom. The van der Waals surface area contributed by atoms with Crippen molar-refractivity contribution in [3.05, 3.63) is 72.3 Å². The lowest BCUT2D eigenvalue weighted by Crippen LogP contribution is -2.22. The van der Waals surface area contributed by atoms with Crippen LogP contribution < -0.4 is 10.1 Å². The second-order valence-corrected chi connectivity index (χ2v) is 5.97. The van der Waals surface area contributed by atoms with Gasteiger partial charge in [-0.1, -0.05) is 55.5 Å². The van der Waals surface area contributed by atoms with Gasteiger partial charge < -0.3 is 10.1 Å². The van der Waals surface area contributed by atoms with Crippen LogP contribution in [0.25, 0.3) is 10.8 Å². The first kappa shape index (κ1) is 16.1. The number of amides is 1. The van der Waals surface area contributed by atoms with Crippen molar-refractivity contribution in [2.75, 3.05) is 12.4 Å². The largest absolute Gasteiger partial charge is 0.497 e. The zero-order valence-corrected chi connectivity index (χ0v) is 14.0. The molecule has 0 saturated heterocycles. The molecule has 1 N–H and O–H groups in total. The van der Waals surface area contributed by atoms with Crippen LogP contribution in [-0.2, 0) is 11.2 Å². The summed E-state index contributed by atoms with van der Waals surface area (Å²) in [5.74, 6) is 0.708. The van der Waals surface area contributed by atoms with Gasteiger partial charge in [0, 0.05) is 17.0 Å². The Labute approximate surface area is 142 Å². The second kappa shape index (κ2) is 7.18. The van der Waals surface area contributed by atoms with Crippen LogP contribution in [0, 0.1) is 5.92 Å². The maximum absolute atomic E-state index is 12.6. The first-order valence-corrected chi connectivity index (χ1v) is 8.09. The Kier molecular flexibility index (Phi) is 4.80. The molecule has 3 nitrogen and oxygen atoms in total. The number of carbonyl (C=O) groups excluding carboxylic acids is 1. The van der Waals surface area contributed by atoms with Crippen LogP contribution in [0.1, 0.15) is 12.5 Å². The van der Waals surface area contributed by atoms with E-state index in [2.05, 4.69) is 5.32 Å². The number of benzene rings is 3. The van der Waals surface area contributed by atoms with Crippen LogP contribution >= 0.6 is 0 Å². The summed E-state index contributed by atoms with van der Waals surface area (Å²) in [5, 5.41) is 5.24. The van der Waals surface area contributed by atoms with Crippen molar-refractivity contribution in [1.82, 2.24) is 0 Å². The molecule has 122 valence electrons. The quantitative estimate of drug-likeness (QED) is 0.742. The van der Waals surface area contributed by atoms with Gasteiger partial charge in [-0.3, -0.25) is 4.79 Å². The van der Waals surface area contributed by atoms with Crippen molar-refractivity contribution >= 4 is 22.4 Å². The maximum Gasteiger partial charge on any atom is 0.227 e. The Morgan fingerprint density at radius 2 is 1.79 bits per heavy atom. The number of hydrogen-bond acceptors (Lipinski definition) is 2. The first-order valence-electron chi connectivity index (χ1n) is 8.09. The fraction of sp³-hybridized carbons (Fsp3) is 0.190. The average Bonchev–Trinajstić information content (AvgIpc) is 2.62. The summed E-state index contributed by atoms with van der Waals surface area (Å²) in [5.41, 5.74) is 1.95. The lowest BCUT2D eigenvalue weighted by atomic mass is 9.99. The Bertz CT molecular complexity index is 852. The molecule has 0 heterocycles. The standard InChI is InChI=1S/C21H21NO2/c1-15(13-16-7-5-10-18(14-16)24-2)21(23)22-20-12-6-9-17-8-3-4-11-19(17)20/h3-12,14-15H,13H2,1-2H3,(H,22,23). The molecule has 1 atom stereocenters. The van der Waals surface area contributed by atoms with Crippen LogP contribution in [0.2, 0.25) is 0 Å². The number of fused-ring (bicyclic) bond motifs is 1. The molecule has 0 spiro atoms. The van der Waals surface area contributed by atoms with E-state index in [1.54, 1.807) is 7.11 Å². The molecule has 3 aromatic carbocycles. The second-order valence-electron chi connectivity index (χ2n) is 5.97. The summed E-state index contributed by atoms with van der Waals surface area (Å²) in [7, 11) is 1.65. The molecule has 24 heavy (non-hydrogen) atoms. The monoisotopic (exact) mass is 319 g/mol. The number of methoxy groups -OCH3 is 1. The van der Waals surface area contributed by atoms with Crippen LogP contribution in [0.3, 0.4) is 0 Å². The lowest BCUT2D eigenvalue weighted by Gasteiger charge is -2.14. The van der Waals surface area contributed by atoms with Crippen molar-refractivity contribution in [1.29, 1.82) is 0 Å². The van der Waals surface area contributed by atoms with E-state index in [-0.39, 0.29) is 11.8 Å². The molecular formula is C21H21NO2. The highest BCUT2D eigenvalue weighted by atomic mass is 16.5. The van der Waals surface area contributed by atoms with Gasteiger partial charge in [0.15, 0.2) is 0 Å². The van der Waals surface area contributed by atoms with E-state index in [0.717, 1.165) is 27.8 Å². The molecule has 0 aliphatic heterocycles. The fourth-order valence-electron chi connectivity index (χ4n) is 2.84. The number of rotatable bonds is 5. The third-order valence-electron chi connectivity index (χ3n) is 4.17. The molecule has 0 bridgehead atoms. The molecular weight excluding hydrogens is 298 g/mol. The van der Waals surface area contributed by atoms with Crippen molar-refractivity contribution in [3.63, 3.8) is 0 Å². The first-order chi connectivity index (χ1) is 11.7. The van der Waals surface area contributed by atoms with Crippen molar-refractivity contribution < 1.29 is 9.53 Å². The van der Waals surface area contributed by atoms with Gasteiger partial charge in [0.05, 0.1) is 7.11 Å². The van der Waals surface area contributed by atoms with Gasteiger partial charge in [0.1, 0.15) is 5.75 Å². The Hall–Kier alpha value is -2.81. The molecule has 3 aromatic rings. The zero-order valence-electron chi connectivity index (χ0n) is 14.0. The molecule has 0 aliphatic rings. The van der Waals surface area contributed by atoms with Crippen molar-refractivity contribution in [3.8, 4) is 5.75 Å². The average molecular weight is 319 g/mol. The van der Waals surface area contributed by atoms with Gasteiger partial charge in [-0.25, -0.2) is 0 Å². The van der Waals surface area contributed by atoms with E-state index in [0.29, 0.717) is 6.42 Å². The third-order valence-corrected chi connectivity index (χ3v) is 4.17. The molecule has 3 rings (SSSR count). The van der Waals surface area contributed by atoms with E-state index in [1.807, 2.05) is 73.7 Å². The molecule has 0 aliphatic carbocycles. The van der Waals surface area contributed by atoms with Gasteiger partial charge in [-0.15, -0.1) is 0 Å². The topological polar surface area (TPSA) is 38.3 Å². The van der Waals surface area contributed by atoms with Crippen LogP contribution in [-0.4, -0.2) is 13.0 Å². The predicted octanol–water partition coefficient (Wildman–Crippen LogP) is 4.67. The molecule has 1 amide bonds. The minimum absolute atomic E-state index is 0.0224. The van der Waals surface area contributed by atoms with Crippen molar-refractivity contribution in [2.24, 2.45) is 5.92 Å². The predicted molar refractivity (Wildman–Crippen MR) is 98.4 cm³/mol. The summed E-state index contributed by atoms with van der Waals surface area (Å²) in [4.78, 5) is 12.6. The van der Waals surface area contributed by atoms with Crippen LogP contribution in [0.4, 0.5) is 5.69 Å². The molecule has 0 aromatic heterocycles.